The molecule has 2 aromatic rings. The second-order valence-electron chi connectivity index (χ2n) is 5.48. The van der Waals surface area contributed by atoms with Crippen LogP contribution in [0.1, 0.15) is 22.3 Å². The van der Waals surface area contributed by atoms with E-state index in [0.717, 1.165) is 5.56 Å². The summed E-state index contributed by atoms with van der Waals surface area (Å²) >= 11 is 0. The highest BCUT2D eigenvalue weighted by Crippen LogP contribution is 2.50. The number of carbonyl (C=O) groups is 2. The third-order valence-corrected chi connectivity index (χ3v) is 4.16. The van der Waals surface area contributed by atoms with Crippen LogP contribution in [0.15, 0.2) is 66.7 Å². The van der Waals surface area contributed by atoms with Crippen molar-refractivity contribution in [2.45, 2.75) is 12.1 Å². The molecule has 0 bridgehead atoms. The summed E-state index contributed by atoms with van der Waals surface area (Å²) in [7, 11) is 0. The first-order valence-corrected chi connectivity index (χ1v) is 7.04. The van der Waals surface area contributed by atoms with Crippen molar-refractivity contribution in [2.75, 3.05) is 4.90 Å². The first kappa shape index (κ1) is 12.8. The second kappa shape index (κ2) is 4.31. The predicted molar refractivity (Wildman–Crippen MR) is 81.2 cm³/mol. The maximum Gasteiger partial charge on any atom is 0.341 e. The summed E-state index contributed by atoms with van der Waals surface area (Å²) in [6, 6.07) is 16.4. The van der Waals surface area contributed by atoms with Gasteiger partial charge in [0.2, 0.25) is 5.72 Å². The number of hydrogen-bond donors (Lipinski definition) is 0. The first-order valence-electron chi connectivity index (χ1n) is 7.04. The Morgan fingerprint density at radius 1 is 1.00 bits per heavy atom. The molecule has 0 radical (unpaired) electrons. The number of para-hydroxylation sites is 1. The summed E-state index contributed by atoms with van der Waals surface area (Å²) in [4.78, 5) is 26.4. The lowest BCUT2D eigenvalue weighted by atomic mass is 9.96. The van der Waals surface area contributed by atoms with Gasteiger partial charge in [0, 0.05) is 23.2 Å². The molecule has 108 valence electrons. The topological polar surface area (TPSA) is 46.6 Å². The lowest BCUT2D eigenvalue weighted by Gasteiger charge is -2.33. The molecular weight excluding hydrogens is 278 g/mol. The Morgan fingerprint density at radius 2 is 1.68 bits per heavy atom. The Hall–Kier alpha value is -2.88. The molecule has 0 N–H and O–H groups in total. The van der Waals surface area contributed by atoms with Crippen molar-refractivity contribution >= 4 is 17.6 Å². The highest BCUT2D eigenvalue weighted by molar-refractivity contribution is 6.11. The molecule has 22 heavy (non-hydrogen) atoms. The van der Waals surface area contributed by atoms with E-state index in [1.165, 1.54) is 0 Å². The fourth-order valence-corrected chi connectivity index (χ4v) is 3.23. The zero-order valence-corrected chi connectivity index (χ0v) is 11.8. The van der Waals surface area contributed by atoms with Crippen LogP contribution < -0.4 is 4.90 Å². The van der Waals surface area contributed by atoms with E-state index in [9.17, 15) is 9.59 Å². The summed E-state index contributed by atoms with van der Waals surface area (Å²) in [5.74, 6) is -0.616. The first-order chi connectivity index (χ1) is 10.6. The van der Waals surface area contributed by atoms with Gasteiger partial charge in [0.05, 0.1) is 5.56 Å². The maximum atomic E-state index is 12.6. The molecule has 0 aromatic heterocycles. The van der Waals surface area contributed by atoms with Crippen LogP contribution in [0.3, 0.4) is 0 Å². The lowest BCUT2D eigenvalue weighted by Crippen LogP contribution is -2.43. The number of carbonyl (C=O) groups excluding carboxylic acids is 2. The summed E-state index contributed by atoms with van der Waals surface area (Å²) in [5.41, 5.74) is 1.24. The monoisotopic (exact) mass is 291 g/mol. The van der Waals surface area contributed by atoms with Gasteiger partial charge in [0.1, 0.15) is 0 Å². The maximum absolute atomic E-state index is 12.6. The lowest BCUT2D eigenvalue weighted by molar-refractivity contribution is -0.116. The van der Waals surface area contributed by atoms with E-state index in [-0.39, 0.29) is 12.3 Å². The molecule has 2 aliphatic rings. The average molecular weight is 291 g/mol. The summed E-state index contributed by atoms with van der Waals surface area (Å²) < 4.78 is 5.69. The Morgan fingerprint density at radius 3 is 2.45 bits per heavy atom. The highest BCUT2D eigenvalue weighted by atomic mass is 16.6. The SMILES string of the molecule is C=C1C[C@@]2(OC(=O)c3ccccc32)N(c2ccccc2)C1=O. The molecule has 0 saturated carbocycles. The number of ether oxygens (including phenoxy) is 1. The second-order valence-corrected chi connectivity index (χ2v) is 5.48. The number of anilines is 1. The van der Waals surface area contributed by atoms with Gasteiger partial charge in [-0.3, -0.25) is 9.69 Å². The molecule has 2 aromatic carbocycles. The van der Waals surface area contributed by atoms with Gasteiger partial charge >= 0.3 is 5.97 Å². The fourth-order valence-electron chi connectivity index (χ4n) is 3.23. The van der Waals surface area contributed by atoms with E-state index < -0.39 is 11.7 Å². The van der Waals surface area contributed by atoms with E-state index in [2.05, 4.69) is 6.58 Å². The molecule has 4 rings (SSSR count). The van der Waals surface area contributed by atoms with E-state index in [1.807, 2.05) is 42.5 Å². The molecule has 1 spiro atoms. The van der Waals surface area contributed by atoms with Gasteiger partial charge in [0.25, 0.3) is 5.91 Å². The quantitative estimate of drug-likeness (QED) is 0.599. The van der Waals surface area contributed by atoms with Gasteiger partial charge in [-0.2, -0.15) is 0 Å². The van der Waals surface area contributed by atoms with Crippen molar-refractivity contribution in [1.82, 2.24) is 0 Å². The van der Waals surface area contributed by atoms with Crippen LogP contribution in [0.5, 0.6) is 0 Å². The molecule has 2 aliphatic heterocycles. The minimum atomic E-state index is -1.11. The van der Waals surface area contributed by atoms with Gasteiger partial charge in [0.15, 0.2) is 0 Å². The van der Waals surface area contributed by atoms with Crippen molar-refractivity contribution in [3.05, 3.63) is 77.9 Å². The van der Waals surface area contributed by atoms with E-state index in [1.54, 1.807) is 17.0 Å². The predicted octanol–water partition coefficient (Wildman–Crippen LogP) is 3.00. The molecule has 4 heteroatoms. The minimum absolute atomic E-state index is 0.212. The van der Waals surface area contributed by atoms with Crippen LogP contribution in [0, 0.1) is 0 Å². The normalized spacial score (nSPS) is 23.1. The van der Waals surface area contributed by atoms with E-state index >= 15 is 0 Å². The molecule has 0 aliphatic carbocycles. The number of esters is 1. The number of amides is 1. The Kier molecular flexibility index (Phi) is 2.51. The number of nitrogens with zero attached hydrogens (tertiary/aromatic N) is 1. The molecule has 2 heterocycles. The number of hydrogen-bond acceptors (Lipinski definition) is 3. The number of rotatable bonds is 1. The third kappa shape index (κ3) is 1.52. The number of fused-ring (bicyclic) bond motifs is 2. The van der Waals surface area contributed by atoms with Crippen molar-refractivity contribution in [3.8, 4) is 0 Å². The molecular formula is C18H13NO3. The van der Waals surface area contributed by atoms with Crippen molar-refractivity contribution in [2.24, 2.45) is 0 Å². The van der Waals surface area contributed by atoms with E-state index in [0.29, 0.717) is 16.8 Å². The van der Waals surface area contributed by atoms with Crippen molar-refractivity contribution < 1.29 is 14.3 Å². The zero-order chi connectivity index (χ0) is 15.3. The smallest absolute Gasteiger partial charge is 0.341 e. The van der Waals surface area contributed by atoms with Gasteiger partial charge in [-0.05, 0) is 18.2 Å². The van der Waals surface area contributed by atoms with Gasteiger partial charge in [-0.15, -0.1) is 0 Å². The highest BCUT2D eigenvalue weighted by Gasteiger charge is 2.57. The summed E-state index contributed by atoms with van der Waals surface area (Å²) in [6.07, 6.45) is 0.281. The van der Waals surface area contributed by atoms with Crippen LogP contribution in [0.2, 0.25) is 0 Å². The fraction of sp³-hybridized carbons (Fsp3) is 0.111. The largest absolute Gasteiger partial charge is 0.430 e. The van der Waals surface area contributed by atoms with Crippen LogP contribution in [-0.4, -0.2) is 11.9 Å². The summed E-state index contributed by atoms with van der Waals surface area (Å²) in [5, 5.41) is 0. The molecule has 1 atom stereocenters. The van der Waals surface area contributed by atoms with Gasteiger partial charge in [-0.1, -0.05) is 43.0 Å². The van der Waals surface area contributed by atoms with Crippen LogP contribution in [0.25, 0.3) is 0 Å². The zero-order valence-electron chi connectivity index (χ0n) is 11.8. The standard InChI is InChI=1S/C18H13NO3/c1-12-11-18(15-10-6-5-9-14(15)17(21)22-18)19(16(12)20)13-7-3-2-4-8-13/h2-10H,1,11H2/t18-/m0/s1. The molecule has 4 nitrogen and oxygen atoms in total. The van der Waals surface area contributed by atoms with Gasteiger partial charge < -0.3 is 4.74 Å². The Balaban J connectivity index is 1.96. The molecule has 1 saturated heterocycles. The van der Waals surface area contributed by atoms with E-state index in [4.69, 9.17) is 4.74 Å². The van der Waals surface area contributed by atoms with Crippen LogP contribution in [-0.2, 0) is 15.3 Å². The van der Waals surface area contributed by atoms with Crippen LogP contribution in [0.4, 0.5) is 5.69 Å². The molecule has 1 amide bonds. The molecule has 1 fully saturated rings. The van der Waals surface area contributed by atoms with Gasteiger partial charge in [-0.25, -0.2) is 4.79 Å². The summed E-state index contributed by atoms with van der Waals surface area (Å²) in [6.45, 7) is 3.85. The van der Waals surface area contributed by atoms with Crippen molar-refractivity contribution in [1.29, 1.82) is 0 Å². The third-order valence-electron chi connectivity index (χ3n) is 4.16. The Bertz CT molecular complexity index is 812. The average Bonchev–Trinajstić information content (AvgIpc) is 2.95. The Labute approximate surface area is 127 Å². The van der Waals surface area contributed by atoms with Crippen LogP contribution >= 0.6 is 0 Å². The molecule has 0 unspecified atom stereocenters. The minimum Gasteiger partial charge on any atom is -0.430 e. The van der Waals surface area contributed by atoms with Crippen molar-refractivity contribution in [3.63, 3.8) is 0 Å². The number of benzene rings is 2.